The van der Waals surface area contributed by atoms with Gasteiger partial charge in [-0.1, -0.05) is 11.6 Å². The molecule has 0 aliphatic rings. The molecule has 0 saturated heterocycles. The molecule has 6 heteroatoms. The number of rotatable bonds is 3. The number of anilines is 1. The van der Waals surface area contributed by atoms with Gasteiger partial charge in [-0.3, -0.25) is 4.98 Å². The van der Waals surface area contributed by atoms with E-state index in [-0.39, 0.29) is 11.4 Å². The lowest BCUT2D eigenvalue weighted by Crippen LogP contribution is -1.96. The molecule has 2 N–H and O–H groups in total. The monoisotopic (exact) mass is 268 g/mol. The van der Waals surface area contributed by atoms with E-state index in [9.17, 15) is 4.39 Å². The van der Waals surface area contributed by atoms with Crippen molar-refractivity contribution >= 4 is 17.3 Å². The average molecular weight is 269 g/mol. The first-order valence-electron chi connectivity index (χ1n) is 5.01. The molecule has 0 unspecified atom stereocenters. The summed E-state index contributed by atoms with van der Waals surface area (Å²) >= 11 is 5.75. The van der Waals surface area contributed by atoms with E-state index < -0.39 is 5.82 Å². The summed E-state index contributed by atoms with van der Waals surface area (Å²) in [6.07, 6.45) is 2.88. The van der Waals surface area contributed by atoms with E-state index in [1.54, 1.807) is 0 Å². The topological polar surface area (TPSA) is 57.4 Å². The van der Waals surface area contributed by atoms with Crippen molar-refractivity contribution in [3.8, 4) is 17.2 Å². The Hall–Kier alpha value is -2.01. The van der Waals surface area contributed by atoms with Gasteiger partial charge in [-0.25, -0.2) is 4.39 Å². The second-order valence-electron chi connectivity index (χ2n) is 3.47. The van der Waals surface area contributed by atoms with Crippen LogP contribution < -0.4 is 15.2 Å². The fourth-order valence-corrected chi connectivity index (χ4v) is 1.54. The molecule has 4 nitrogen and oxygen atoms in total. The standard InChI is InChI=1S/C12H10ClFN2O2/c1-17-12-4-11(9(14)3-10(12)15)18-8-2-7(13)5-16-6-8/h2-6H,15H2,1H3. The number of nitrogens with zero attached hydrogens (tertiary/aromatic N) is 1. The lowest BCUT2D eigenvalue weighted by Gasteiger charge is -2.10. The summed E-state index contributed by atoms with van der Waals surface area (Å²) in [5, 5.41) is 0.398. The number of halogens is 2. The van der Waals surface area contributed by atoms with Crippen molar-refractivity contribution in [2.75, 3.05) is 12.8 Å². The highest BCUT2D eigenvalue weighted by molar-refractivity contribution is 6.30. The average Bonchev–Trinajstić information content (AvgIpc) is 2.33. The quantitative estimate of drug-likeness (QED) is 0.868. The summed E-state index contributed by atoms with van der Waals surface area (Å²) in [7, 11) is 1.44. The van der Waals surface area contributed by atoms with Gasteiger partial charge in [0.1, 0.15) is 11.5 Å². The highest BCUT2D eigenvalue weighted by Crippen LogP contribution is 2.33. The molecule has 0 saturated carbocycles. The maximum atomic E-state index is 13.6. The van der Waals surface area contributed by atoms with E-state index in [1.807, 2.05) is 0 Å². The van der Waals surface area contributed by atoms with Crippen molar-refractivity contribution < 1.29 is 13.9 Å². The number of aromatic nitrogens is 1. The molecule has 1 aromatic heterocycles. The Labute approximate surface area is 108 Å². The molecule has 0 fully saturated rings. The van der Waals surface area contributed by atoms with Crippen LogP contribution in [0.2, 0.25) is 5.02 Å². The molecule has 0 aliphatic carbocycles. The van der Waals surface area contributed by atoms with E-state index in [1.165, 1.54) is 31.6 Å². The minimum atomic E-state index is -0.590. The van der Waals surface area contributed by atoms with Gasteiger partial charge < -0.3 is 15.2 Å². The smallest absolute Gasteiger partial charge is 0.168 e. The largest absolute Gasteiger partial charge is 0.494 e. The van der Waals surface area contributed by atoms with E-state index in [0.29, 0.717) is 16.5 Å². The van der Waals surface area contributed by atoms with E-state index in [4.69, 9.17) is 26.8 Å². The Morgan fingerprint density at radius 2 is 2.00 bits per heavy atom. The van der Waals surface area contributed by atoms with Crippen LogP contribution in [-0.2, 0) is 0 Å². The van der Waals surface area contributed by atoms with Gasteiger partial charge in [0.15, 0.2) is 11.6 Å². The number of hydrogen-bond donors (Lipinski definition) is 1. The van der Waals surface area contributed by atoms with E-state index in [2.05, 4.69) is 4.98 Å². The summed E-state index contributed by atoms with van der Waals surface area (Å²) in [6.45, 7) is 0. The Bertz CT molecular complexity index is 578. The van der Waals surface area contributed by atoms with Crippen molar-refractivity contribution in [1.29, 1.82) is 0 Å². The Kier molecular flexibility index (Phi) is 3.53. The highest BCUT2D eigenvalue weighted by atomic mass is 35.5. The van der Waals surface area contributed by atoms with Gasteiger partial charge in [-0.15, -0.1) is 0 Å². The number of pyridine rings is 1. The number of nitrogen functional groups attached to an aromatic ring is 1. The first-order chi connectivity index (χ1) is 8.60. The summed E-state index contributed by atoms with van der Waals surface area (Å²) < 4.78 is 24.0. The first-order valence-corrected chi connectivity index (χ1v) is 5.39. The molecular formula is C12H10ClFN2O2. The first kappa shape index (κ1) is 12.4. The molecule has 2 aromatic rings. The summed E-state index contributed by atoms with van der Waals surface area (Å²) in [5.74, 6) is 0.0630. The molecule has 0 radical (unpaired) electrons. The Morgan fingerprint density at radius 1 is 1.22 bits per heavy atom. The van der Waals surface area contributed by atoms with Gasteiger partial charge in [0.2, 0.25) is 0 Å². The van der Waals surface area contributed by atoms with Crippen LogP contribution in [0.3, 0.4) is 0 Å². The predicted octanol–water partition coefficient (Wildman–Crippen LogP) is 3.26. The zero-order valence-corrected chi connectivity index (χ0v) is 10.2. The third-order valence-corrected chi connectivity index (χ3v) is 2.40. The number of hydrogen-bond acceptors (Lipinski definition) is 4. The molecule has 0 spiro atoms. The lowest BCUT2D eigenvalue weighted by molar-refractivity contribution is 0.402. The number of ether oxygens (including phenoxy) is 2. The fourth-order valence-electron chi connectivity index (χ4n) is 1.38. The molecule has 0 atom stereocenters. The van der Waals surface area contributed by atoms with Crippen molar-refractivity contribution in [3.63, 3.8) is 0 Å². The van der Waals surface area contributed by atoms with Gasteiger partial charge >= 0.3 is 0 Å². The maximum Gasteiger partial charge on any atom is 0.168 e. The minimum absolute atomic E-state index is 0.00915. The second-order valence-corrected chi connectivity index (χ2v) is 3.90. The highest BCUT2D eigenvalue weighted by Gasteiger charge is 2.10. The fraction of sp³-hybridized carbons (Fsp3) is 0.0833. The van der Waals surface area contributed by atoms with Gasteiger partial charge in [0.05, 0.1) is 24.0 Å². The van der Waals surface area contributed by atoms with Gasteiger partial charge in [0, 0.05) is 24.4 Å². The summed E-state index contributed by atoms with van der Waals surface area (Å²) in [6, 6.07) is 4.02. The molecule has 0 aliphatic heterocycles. The lowest BCUT2D eigenvalue weighted by atomic mass is 10.2. The molecule has 18 heavy (non-hydrogen) atoms. The number of benzene rings is 1. The zero-order valence-electron chi connectivity index (χ0n) is 9.48. The van der Waals surface area contributed by atoms with Crippen LogP contribution >= 0.6 is 11.6 Å². The zero-order chi connectivity index (χ0) is 13.1. The summed E-state index contributed by atoms with van der Waals surface area (Å²) in [5.41, 5.74) is 5.76. The molecule has 0 amide bonds. The van der Waals surface area contributed by atoms with Crippen LogP contribution in [-0.4, -0.2) is 12.1 Å². The van der Waals surface area contributed by atoms with Crippen molar-refractivity contribution in [1.82, 2.24) is 4.98 Å². The third-order valence-electron chi connectivity index (χ3n) is 2.19. The number of nitrogens with two attached hydrogens (primary N) is 1. The molecule has 94 valence electrons. The molecule has 1 aromatic carbocycles. The van der Waals surface area contributed by atoms with Crippen LogP contribution in [0, 0.1) is 5.82 Å². The third kappa shape index (κ3) is 2.62. The Balaban J connectivity index is 2.34. The van der Waals surface area contributed by atoms with Crippen molar-refractivity contribution in [2.24, 2.45) is 0 Å². The van der Waals surface area contributed by atoms with Crippen LogP contribution in [0.5, 0.6) is 17.2 Å². The van der Waals surface area contributed by atoms with Crippen LogP contribution in [0.4, 0.5) is 10.1 Å². The van der Waals surface area contributed by atoms with Crippen LogP contribution in [0.1, 0.15) is 0 Å². The predicted molar refractivity (Wildman–Crippen MR) is 66.7 cm³/mol. The Morgan fingerprint density at radius 3 is 2.67 bits per heavy atom. The molecule has 0 bridgehead atoms. The van der Waals surface area contributed by atoms with Crippen molar-refractivity contribution in [3.05, 3.63) is 41.4 Å². The normalized spacial score (nSPS) is 10.2. The van der Waals surface area contributed by atoms with Gasteiger partial charge in [-0.05, 0) is 0 Å². The van der Waals surface area contributed by atoms with Crippen LogP contribution in [0.15, 0.2) is 30.6 Å². The minimum Gasteiger partial charge on any atom is -0.494 e. The maximum absolute atomic E-state index is 13.6. The molecule has 1 heterocycles. The van der Waals surface area contributed by atoms with E-state index >= 15 is 0 Å². The van der Waals surface area contributed by atoms with E-state index in [0.717, 1.165) is 6.07 Å². The van der Waals surface area contributed by atoms with Crippen LogP contribution in [0.25, 0.3) is 0 Å². The summed E-state index contributed by atoms with van der Waals surface area (Å²) in [4.78, 5) is 3.83. The second kappa shape index (κ2) is 5.10. The number of methoxy groups -OCH3 is 1. The molecular weight excluding hydrogens is 259 g/mol. The van der Waals surface area contributed by atoms with Gasteiger partial charge in [-0.2, -0.15) is 0 Å². The SMILES string of the molecule is COc1cc(Oc2cncc(Cl)c2)c(F)cc1N. The molecule has 2 rings (SSSR count). The van der Waals surface area contributed by atoms with Crippen molar-refractivity contribution in [2.45, 2.75) is 0 Å². The van der Waals surface area contributed by atoms with Gasteiger partial charge in [0.25, 0.3) is 0 Å².